The van der Waals surface area contributed by atoms with Crippen molar-refractivity contribution < 1.29 is 4.79 Å². The lowest BCUT2D eigenvalue weighted by atomic mass is 9.84. The number of carbonyl (C=O) groups is 1. The molecule has 0 heterocycles. The molecular formula is C16H19N3O. The molecule has 4 nitrogen and oxygen atoms in total. The van der Waals surface area contributed by atoms with E-state index in [0.717, 1.165) is 18.4 Å². The van der Waals surface area contributed by atoms with E-state index in [9.17, 15) is 4.79 Å². The van der Waals surface area contributed by atoms with E-state index >= 15 is 0 Å². The van der Waals surface area contributed by atoms with Crippen molar-refractivity contribution in [3.63, 3.8) is 0 Å². The molecule has 3 N–H and O–H groups in total. The van der Waals surface area contributed by atoms with Crippen LogP contribution in [0.1, 0.15) is 30.4 Å². The van der Waals surface area contributed by atoms with Crippen molar-refractivity contribution in [1.29, 1.82) is 5.26 Å². The van der Waals surface area contributed by atoms with Crippen molar-refractivity contribution in [3.8, 4) is 6.07 Å². The molecule has 4 atom stereocenters. The van der Waals surface area contributed by atoms with E-state index < -0.39 is 0 Å². The standard InChI is InChI=1S/C16H19N3O/c17-8-10-2-1-3-11(6-10)9-19-16(20)14-12-4-5-13(7-12)15(14)18/h1-3,6,12-15H,4-5,7,9,18H2,(H,19,20). The summed E-state index contributed by atoms with van der Waals surface area (Å²) < 4.78 is 0. The van der Waals surface area contributed by atoms with Crippen molar-refractivity contribution in [3.05, 3.63) is 35.4 Å². The van der Waals surface area contributed by atoms with Gasteiger partial charge in [0, 0.05) is 12.6 Å². The molecule has 0 aromatic heterocycles. The minimum Gasteiger partial charge on any atom is -0.352 e. The Morgan fingerprint density at radius 1 is 1.40 bits per heavy atom. The SMILES string of the molecule is N#Cc1cccc(CNC(=O)C2C3CCC(C3)C2N)c1. The molecule has 1 aromatic carbocycles. The Balaban J connectivity index is 1.61. The number of benzene rings is 1. The van der Waals surface area contributed by atoms with Crippen LogP contribution in [0, 0.1) is 29.1 Å². The third-order valence-corrected chi connectivity index (χ3v) is 4.81. The number of hydrogen-bond acceptors (Lipinski definition) is 3. The molecule has 0 aliphatic heterocycles. The number of nitrogens with one attached hydrogen (secondary N) is 1. The van der Waals surface area contributed by atoms with Gasteiger partial charge in [0.25, 0.3) is 0 Å². The van der Waals surface area contributed by atoms with Crippen molar-refractivity contribution in [2.45, 2.75) is 31.8 Å². The quantitative estimate of drug-likeness (QED) is 0.873. The number of nitriles is 1. The van der Waals surface area contributed by atoms with Gasteiger partial charge in [0.2, 0.25) is 5.91 Å². The molecule has 2 saturated carbocycles. The summed E-state index contributed by atoms with van der Waals surface area (Å²) in [6.45, 7) is 0.467. The summed E-state index contributed by atoms with van der Waals surface area (Å²) in [7, 11) is 0. The van der Waals surface area contributed by atoms with Gasteiger partial charge >= 0.3 is 0 Å². The molecule has 0 radical (unpaired) electrons. The highest BCUT2D eigenvalue weighted by Crippen LogP contribution is 2.47. The minimum absolute atomic E-state index is 0.0205. The molecule has 4 heteroatoms. The number of nitrogens with two attached hydrogens (primary N) is 1. The lowest BCUT2D eigenvalue weighted by Gasteiger charge is -2.27. The number of carbonyl (C=O) groups excluding carboxylic acids is 1. The molecule has 4 unspecified atom stereocenters. The van der Waals surface area contributed by atoms with Crippen LogP contribution in [0.2, 0.25) is 0 Å². The predicted octanol–water partition coefficient (Wildman–Crippen LogP) is 1.55. The molecule has 2 bridgehead atoms. The van der Waals surface area contributed by atoms with Gasteiger partial charge in [0.05, 0.1) is 17.6 Å². The second-order valence-electron chi connectivity index (χ2n) is 5.97. The first-order chi connectivity index (χ1) is 9.69. The van der Waals surface area contributed by atoms with E-state index in [1.807, 2.05) is 12.1 Å². The number of rotatable bonds is 3. The smallest absolute Gasteiger partial charge is 0.225 e. The van der Waals surface area contributed by atoms with Gasteiger partial charge in [-0.1, -0.05) is 12.1 Å². The first-order valence-electron chi connectivity index (χ1n) is 7.21. The van der Waals surface area contributed by atoms with Crippen LogP contribution < -0.4 is 11.1 Å². The topological polar surface area (TPSA) is 78.9 Å². The van der Waals surface area contributed by atoms with E-state index in [1.165, 1.54) is 6.42 Å². The fraction of sp³-hybridized carbons (Fsp3) is 0.500. The number of hydrogen-bond donors (Lipinski definition) is 2. The molecule has 2 aliphatic rings. The summed E-state index contributed by atoms with van der Waals surface area (Å²) in [5, 5.41) is 11.8. The summed E-state index contributed by atoms with van der Waals surface area (Å²) in [6.07, 6.45) is 3.43. The highest BCUT2D eigenvalue weighted by Gasteiger charge is 2.48. The maximum absolute atomic E-state index is 12.3. The van der Waals surface area contributed by atoms with Gasteiger partial charge < -0.3 is 11.1 Å². The van der Waals surface area contributed by atoms with Crippen LogP contribution in [-0.4, -0.2) is 11.9 Å². The van der Waals surface area contributed by atoms with Gasteiger partial charge in [0.15, 0.2) is 0 Å². The Morgan fingerprint density at radius 2 is 2.20 bits per heavy atom. The van der Waals surface area contributed by atoms with Crippen LogP contribution in [0.3, 0.4) is 0 Å². The van der Waals surface area contributed by atoms with Crippen LogP contribution >= 0.6 is 0 Å². The van der Waals surface area contributed by atoms with Gasteiger partial charge in [-0.05, 0) is 48.8 Å². The van der Waals surface area contributed by atoms with Crippen molar-refractivity contribution in [2.24, 2.45) is 23.5 Å². The maximum atomic E-state index is 12.3. The monoisotopic (exact) mass is 269 g/mol. The van der Waals surface area contributed by atoms with Gasteiger partial charge in [0.1, 0.15) is 0 Å². The van der Waals surface area contributed by atoms with Gasteiger partial charge in [-0.25, -0.2) is 0 Å². The summed E-state index contributed by atoms with van der Waals surface area (Å²) >= 11 is 0. The van der Waals surface area contributed by atoms with E-state index in [-0.39, 0.29) is 17.9 Å². The van der Waals surface area contributed by atoms with Crippen molar-refractivity contribution in [1.82, 2.24) is 5.32 Å². The van der Waals surface area contributed by atoms with Crippen LogP contribution in [0.5, 0.6) is 0 Å². The molecule has 2 fully saturated rings. The van der Waals surface area contributed by atoms with Crippen LogP contribution in [0.25, 0.3) is 0 Å². The highest BCUT2D eigenvalue weighted by atomic mass is 16.1. The first kappa shape index (κ1) is 13.1. The van der Waals surface area contributed by atoms with Crippen LogP contribution in [0.4, 0.5) is 0 Å². The number of nitrogens with zero attached hydrogens (tertiary/aromatic N) is 1. The fourth-order valence-electron chi connectivity index (χ4n) is 3.78. The van der Waals surface area contributed by atoms with E-state index in [0.29, 0.717) is 23.9 Å². The minimum atomic E-state index is -0.0205. The summed E-state index contributed by atoms with van der Waals surface area (Å²) in [5.74, 6) is 1.07. The Kier molecular flexibility index (Phi) is 3.45. The average molecular weight is 269 g/mol. The van der Waals surface area contributed by atoms with Gasteiger partial charge in [-0.15, -0.1) is 0 Å². The molecule has 0 saturated heterocycles. The summed E-state index contributed by atoms with van der Waals surface area (Å²) in [4.78, 5) is 12.3. The number of amides is 1. The molecule has 1 amide bonds. The van der Waals surface area contributed by atoms with Crippen LogP contribution in [0.15, 0.2) is 24.3 Å². The zero-order chi connectivity index (χ0) is 14.1. The molecular weight excluding hydrogens is 250 g/mol. The van der Waals surface area contributed by atoms with Gasteiger partial charge in [-0.3, -0.25) is 4.79 Å². The third kappa shape index (κ3) is 2.30. The second-order valence-corrected chi connectivity index (χ2v) is 5.97. The molecule has 3 rings (SSSR count). The van der Waals surface area contributed by atoms with Gasteiger partial charge in [-0.2, -0.15) is 5.26 Å². The van der Waals surface area contributed by atoms with Crippen molar-refractivity contribution in [2.75, 3.05) is 0 Å². The molecule has 0 spiro atoms. The Bertz CT molecular complexity index is 561. The van der Waals surface area contributed by atoms with E-state index in [2.05, 4.69) is 11.4 Å². The van der Waals surface area contributed by atoms with E-state index in [4.69, 9.17) is 11.0 Å². The highest BCUT2D eigenvalue weighted by molar-refractivity contribution is 5.80. The zero-order valence-corrected chi connectivity index (χ0v) is 11.4. The largest absolute Gasteiger partial charge is 0.352 e. The summed E-state index contributed by atoms with van der Waals surface area (Å²) in [6, 6.07) is 9.46. The number of fused-ring (bicyclic) bond motifs is 2. The maximum Gasteiger partial charge on any atom is 0.225 e. The lowest BCUT2D eigenvalue weighted by molar-refractivity contribution is -0.127. The lowest BCUT2D eigenvalue weighted by Crippen LogP contribution is -2.45. The Morgan fingerprint density at radius 3 is 2.90 bits per heavy atom. The third-order valence-electron chi connectivity index (χ3n) is 4.81. The predicted molar refractivity (Wildman–Crippen MR) is 75.3 cm³/mol. The average Bonchev–Trinajstić information content (AvgIpc) is 3.06. The van der Waals surface area contributed by atoms with Crippen LogP contribution in [-0.2, 0) is 11.3 Å². The Labute approximate surface area is 119 Å². The Hall–Kier alpha value is -1.86. The summed E-state index contributed by atoms with van der Waals surface area (Å²) in [5.41, 5.74) is 7.75. The second kappa shape index (κ2) is 5.26. The molecule has 2 aliphatic carbocycles. The first-order valence-corrected chi connectivity index (χ1v) is 7.21. The molecule has 20 heavy (non-hydrogen) atoms. The molecule has 1 aromatic rings. The normalized spacial score (nSPS) is 31.0. The zero-order valence-electron chi connectivity index (χ0n) is 11.4. The fourth-order valence-corrected chi connectivity index (χ4v) is 3.78. The van der Waals surface area contributed by atoms with E-state index in [1.54, 1.807) is 12.1 Å². The van der Waals surface area contributed by atoms with Crippen molar-refractivity contribution >= 4 is 5.91 Å². The molecule has 104 valence electrons.